The molecule has 0 atom stereocenters. The summed E-state index contributed by atoms with van der Waals surface area (Å²) < 4.78 is 5.18. The summed E-state index contributed by atoms with van der Waals surface area (Å²) in [6, 6.07) is 9.99. The van der Waals surface area contributed by atoms with Gasteiger partial charge in [0.25, 0.3) is 0 Å². The second-order valence-corrected chi connectivity index (χ2v) is 4.81. The molecule has 0 spiro atoms. The highest BCUT2D eigenvalue weighted by Crippen LogP contribution is 2.36. The predicted molar refractivity (Wildman–Crippen MR) is 79.1 cm³/mol. The Labute approximate surface area is 117 Å². The summed E-state index contributed by atoms with van der Waals surface area (Å²) in [6.07, 6.45) is 3.46. The van der Waals surface area contributed by atoms with Crippen molar-refractivity contribution in [1.82, 2.24) is 10.1 Å². The van der Waals surface area contributed by atoms with Gasteiger partial charge in [-0.25, -0.2) is 0 Å². The Balaban J connectivity index is 2.18. The van der Waals surface area contributed by atoms with Gasteiger partial charge < -0.3 is 10.3 Å². The molecule has 0 radical (unpaired) electrons. The van der Waals surface area contributed by atoms with Crippen molar-refractivity contribution in [1.29, 1.82) is 0 Å². The maximum absolute atomic E-state index is 5.93. The monoisotopic (exact) mass is 265 g/mol. The van der Waals surface area contributed by atoms with Crippen LogP contribution in [0.25, 0.3) is 22.4 Å². The Morgan fingerprint density at radius 2 is 1.70 bits per heavy atom. The summed E-state index contributed by atoms with van der Waals surface area (Å²) in [7, 11) is 0. The minimum atomic E-state index is 0.324. The largest absolute Gasteiger partial charge is 0.367 e. The van der Waals surface area contributed by atoms with Crippen LogP contribution in [0.1, 0.15) is 11.1 Å². The second kappa shape index (κ2) is 4.81. The molecule has 2 aromatic heterocycles. The molecular formula is C16H15N3O. The summed E-state index contributed by atoms with van der Waals surface area (Å²) in [5, 5.41) is 4.11. The average Bonchev–Trinajstić information content (AvgIpc) is 2.85. The van der Waals surface area contributed by atoms with Crippen LogP contribution in [-0.2, 0) is 0 Å². The van der Waals surface area contributed by atoms with Crippen molar-refractivity contribution in [2.45, 2.75) is 13.8 Å². The molecule has 0 bridgehead atoms. The third-order valence-corrected chi connectivity index (χ3v) is 3.47. The van der Waals surface area contributed by atoms with E-state index in [2.05, 4.69) is 36.1 Å². The van der Waals surface area contributed by atoms with Crippen molar-refractivity contribution in [2.24, 2.45) is 0 Å². The van der Waals surface area contributed by atoms with Crippen molar-refractivity contribution >= 4 is 5.88 Å². The van der Waals surface area contributed by atoms with Gasteiger partial charge in [-0.2, -0.15) is 0 Å². The van der Waals surface area contributed by atoms with E-state index in [9.17, 15) is 0 Å². The summed E-state index contributed by atoms with van der Waals surface area (Å²) in [5.74, 6) is 0.324. The van der Waals surface area contributed by atoms with Crippen LogP contribution in [0.2, 0.25) is 0 Å². The van der Waals surface area contributed by atoms with Gasteiger partial charge >= 0.3 is 0 Å². The SMILES string of the molecule is Cc1ccc(-c2noc(N)c2-c2ccncc2)cc1C. The van der Waals surface area contributed by atoms with E-state index in [1.165, 1.54) is 11.1 Å². The van der Waals surface area contributed by atoms with E-state index in [1.54, 1.807) is 12.4 Å². The smallest absolute Gasteiger partial charge is 0.230 e. The highest BCUT2D eigenvalue weighted by atomic mass is 16.5. The fraction of sp³-hybridized carbons (Fsp3) is 0.125. The first-order valence-corrected chi connectivity index (χ1v) is 6.40. The molecule has 2 N–H and O–H groups in total. The topological polar surface area (TPSA) is 64.9 Å². The molecule has 0 aliphatic heterocycles. The maximum Gasteiger partial charge on any atom is 0.230 e. The number of nitrogen functional groups attached to an aromatic ring is 1. The van der Waals surface area contributed by atoms with Crippen LogP contribution in [0.3, 0.4) is 0 Å². The summed E-state index contributed by atoms with van der Waals surface area (Å²) in [4.78, 5) is 4.02. The Kier molecular flexibility index (Phi) is 2.99. The molecule has 0 fully saturated rings. The summed E-state index contributed by atoms with van der Waals surface area (Å²) in [6.45, 7) is 4.16. The van der Waals surface area contributed by atoms with Crippen molar-refractivity contribution < 1.29 is 4.52 Å². The standard InChI is InChI=1S/C16H15N3O/c1-10-3-4-13(9-11(10)2)15-14(16(17)20-19-15)12-5-7-18-8-6-12/h3-9H,17H2,1-2H3. The van der Waals surface area contributed by atoms with Gasteiger partial charge in [0.15, 0.2) is 0 Å². The minimum absolute atomic E-state index is 0.324. The quantitative estimate of drug-likeness (QED) is 0.768. The van der Waals surface area contributed by atoms with Crippen LogP contribution in [0.5, 0.6) is 0 Å². The molecule has 0 aliphatic carbocycles. The van der Waals surface area contributed by atoms with Gasteiger partial charge in [-0.3, -0.25) is 4.98 Å². The van der Waals surface area contributed by atoms with E-state index >= 15 is 0 Å². The van der Waals surface area contributed by atoms with Crippen LogP contribution in [0.15, 0.2) is 47.2 Å². The maximum atomic E-state index is 5.93. The number of benzene rings is 1. The molecule has 0 saturated heterocycles. The molecule has 0 unspecified atom stereocenters. The van der Waals surface area contributed by atoms with Crippen LogP contribution >= 0.6 is 0 Å². The molecule has 3 rings (SSSR count). The zero-order valence-electron chi connectivity index (χ0n) is 11.4. The first kappa shape index (κ1) is 12.4. The van der Waals surface area contributed by atoms with E-state index < -0.39 is 0 Å². The summed E-state index contributed by atoms with van der Waals surface area (Å²) >= 11 is 0. The van der Waals surface area contributed by atoms with E-state index in [4.69, 9.17) is 10.3 Å². The van der Waals surface area contributed by atoms with Crippen molar-refractivity contribution in [3.8, 4) is 22.4 Å². The number of rotatable bonds is 2. The first-order chi connectivity index (χ1) is 9.66. The Hall–Kier alpha value is -2.62. The van der Waals surface area contributed by atoms with Crippen LogP contribution < -0.4 is 5.73 Å². The molecule has 20 heavy (non-hydrogen) atoms. The molecule has 1 aromatic carbocycles. The average molecular weight is 265 g/mol. The van der Waals surface area contributed by atoms with Gasteiger partial charge in [-0.1, -0.05) is 17.3 Å². The van der Waals surface area contributed by atoms with E-state index in [0.717, 1.165) is 22.4 Å². The lowest BCUT2D eigenvalue weighted by molar-refractivity contribution is 0.439. The number of nitrogens with two attached hydrogens (primary N) is 1. The molecule has 4 nitrogen and oxygen atoms in total. The number of aryl methyl sites for hydroxylation is 2. The minimum Gasteiger partial charge on any atom is -0.367 e. The fourth-order valence-electron chi connectivity index (χ4n) is 2.19. The van der Waals surface area contributed by atoms with Crippen LogP contribution in [0, 0.1) is 13.8 Å². The van der Waals surface area contributed by atoms with E-state index in [-0.39, 0.29) is 0 Å². The Bertz CT molecular complexity index is 748. The number of hydrogen-bond acceptors (Lipinski definition) is 4. The van der Waals surface area contributed by atoms with Gasteiger partial charge in [-0.15, -0.1) is 0 Å². The normalized spacial score (nSPS) is 10.7. The van der Waals surface area contributed by atoms with Gasteiger partial charge in [0, 0.05) is 18.0 Å². The molecular weight excluding hydrogens is 250 g/mol. The molecule has 100 valence electrons. The van der Waals surface area contributed by atoms with Crippen molar-refractivity contribution in [3.63, 3.8) is 0 Å². The fourth-order valence-corrected chi connectivity index (χ4v) is 2.19. The van der Waals surface area contributed by atoms with E-state index in [1.807, 2.05) is 18.2 Å². The van der Waals surface area contributed by atoms with Gasteiger partial charge in [0.1, 0.15) is 5.69 Å². The lowest BCUT2D eigenvalue weighted by Crippen LogP contribution is -1.89. The molecule has 0 aliphatic rings. The summed E-state index contributed by atoms with van der Waals surface area (Å²) in [5.41, 5.74) is 11.9. The molecule has 4 heteroatoms. The van der Waals surface area contributed by atoms with Gasteiger partial charge in [0.05, 0.1) is 5.56 Å². The highest BCUT2D eigenvalue weighted by Gasteiger charge is 2.17. The lowest BCUT2D eigenvalue weighted by Gasteiger charge is -2.05. The van der Waals surface area contributed by atoms with Gasteiger partial charge in [-0.05, 0) is 48.7 Å². The van der Waals surface area contributed by atoms with E-state index in [0.29, 0.717) is 5.88 Å². The lowest BCUT2D eigenvalue weighted by atomic mass is 9.99. The zero-order chi connectivity index (χ0) is 14.1. The third-order valence-electron chi connectivity index (χ3n) is 3.47. The molecule has 0 amide bonds. The number of pyridine rings is 1. The first-order valence-electron chi connectivity index (χ1n) is 6.40. The predicted octanol–water partition coefficient (Wildman–Crippen LogP) is 3.60. The van der Waals surface area contributed by atoms with Crippen molar-refractivity contribution in [3.05, 3.63) is 53.9 Å². The number of hydrogen-bond donors (Lipinski definition) is 1. The Morgan fingerprint density at radius 3 is 2.40 bits per heavy atom. The molecule has 2 heterocycles. The van der Waals surface area contributed by atoms with Gasteiger partial charge in [0.2, 0.25) is 5.88 Å². The molecule has 0 saturated carbocycles. The number of aromatic nitrogens is 2. The van der Waals surface area contributed by atoms with Crippen molar-refractivity contribution in [2.75, 3.05) is 5.73 Å². The highest BCUT2D eigenvalue weighted by molar-refractivity contribution is 5.86. The third kappa shape index (κ3) is 2.05. The number of nitrogens with zero attached hydrogens (tertiary/aromatic N) is 2. The Morgan fingerprint density at radius 1 is 0.950 bits per heavy atom. The second-order valence-electron chi connectivity index (χ2n) is 4.81. The van der Waals surface area contributed by atoms with Crippen LogP contribution in [-0.4, -0.2) is 10.1 Å². The number of anilines is 1. The van der Waals surface area contributed by atoms with Crippen LogP contribution in [0.4, 0.5) is 5.88 Å². The zero-order valence-corrected chi connectivity index (χ0v) is 11.4. The molecule has 3 aromatic rings.